The number of aromatic amines is 1. The number of aromatic nitrogens is 2. The van der Waals surface area contributed by atoms with Crippen molar-refractivity contribution in [1.29, 1.82) is 0 Å². The van der Waals surface area contributed by atoms with E-state index in [1.54, 1.807) is 0 Å². The Morgan fingerprint density at radius 3 is 2.82 bits per heavy atom. The molecule has 0 amide bonds. The molecule has 0 aliphatic heterocycles. The zero-order valence-corrected chi connectivity index (χ0v) is 5.85. The maximum Gasteiger partial charge on any atom is 0.265 e. The fourth-order valence-corrected chi connectivity index (χ4v) is 0.734. The summed E-state index contributed by atoms with van der Waals surface area (Å²) in [6, 6.07) is 1.50. The molecule has 3 N–H and O–H groups in total. The van der Waals surface area contributed by atoms with E-state index in [-0.39, 0.29) is 6.42 Å². The van der Waals surface area contributed by atoms with Crippen LogP contribution in [0.3, 0.4) is 0 Å². The van der Waals surface area contributed by atoms with Crippen molar-refractivity contribution in [3.8, 4) is 0 Å². The molecule has 0 spiro atoms. The van der Waals surface area contributed by atoms with Crippen molar-refractivity contribution < 1.29 is 8.78 Å². The van der Waals surface area contributed by atoms with Crippen LogP contribution in [-0.2, 0) is 6.42 Å². The third-order valence-corrected chi connectivity index (χ3v) is 1.31. The van der Waals surface area contributed by atoms with Crippen LogP contribution in [0.1, 0.15) is 5.69 Å². The minimum atomic E-state index is -2.83. The average molecular weight is 161 g/mol. The molecule has 1 aromatic heterocycles. The maximum atomic E-state index is 12.5. The first-order valence-electron chi connectivity index (χ1n) is 3.20. The van der Waals surface area contributed by atoms with Crippen molar-refractivity contribution in [2.24, 2.45) is 5.73 Å². The molecule has 0 unspecified atom stereocenters. The normalized spacial score (nSPS) is 11.9. The van der Waals surface area contributed by atoms with Gasteiger partial charge in [0, 0.05) is 11.9 Å². The van der Waals surface area contributed by atoms with Gasteiger partial charge in [-0.15, -0.1) is 0 Å². The third-order valence-electron chi connectivity index (χ3n) is 1.31. The fourth-order valence-electron chi connectivity index (χ4n) is 0.734. The minimum absolute atomic E-state index is 0.372. The van der Waals surface area contributed by atoms with Crippen LogP contribution in [-0.4, -0.2) is 22.7 Å². The summed E-state index contributed by atoms with van der Waals surface area (Å²) in [7, 11) is 0. The molecular formula is C6H9F2N3. The molecule has 0 atom stereocenters. The highest BCUT2D eigenvalue weighted by Crippen LogP contribution is 2.16. The molecule has 5 heteroatoms. The lowest BCUT2D eigenvalue weighted by molar-refractivity contribution is 0.0105. The molecule has 3 nitrogen and oxygen atoms in total. The predicted octanol–water partition coefficient (Wildman–Crippen LogP) is 0.546. The van der Waals surface area contributed by atoms with Gasteiger partial charge in [-0.05, 0) is 6.07 Å². The van der Waals surface area contributed by atoms with Gasteiger partial charge in [-0.25, -0.2) is 8.78 Å². The quantitative estimate of drug-likeness (QED) is 0.680. The van der Waals surface area contributed by atoms with Crippen molar-refractivity contribution >= 4 is 0 Å². The largest absolute Gasteiger partial charge is 0.325 e. The summed E-state index contributed by atoms with van der Waals surface area (Å²) in [5.74, 6) is -2.83. The van der Waals surface area contributed by atoms with Crippen molar-refractivity contribution in [1.82, 2.24) is 10.2 Å². The molecule has 0 aromatic carbocycles. The molecule has 0 aliphatic rings. The van der Waals surface area contributed by atoms with Crippen molar-refractivity contribution in [2.75, 3.05) is 6.54 Å². The summed E-state index contributed by atoms with van der Waals surface area (Å²) in [6.45, 7) is -0.633. The molecular weight excluding hydrogens is 152 g/mol. The Balaban J connectivity index is 2.56. The second-order valence-electron chi connectivity index (χ2n) is 2.32. The fraction of sp³-hybridized carbons (Fsp3) is 0.500. The number of nitrogens with zero attached hydrogens (tertiary/aromatic N) is 1. The van der Waals surface area contributed by atoms with E-state index in [1.807, 2.05) is 0 Å². The highest BCUT2D eigenvalue weighted by Gasteiger charge is 2.27. The van der Waals surface area contributed by atoms with E-state index in [9.17, 15) is 8.78 Å². The highest BCUT2D eigenvalue weighted by atomic mass is 19.3. The SMILES string of the molecule is NCC(F)(F)Cc1ccn[nH]1. The smallest absolute Gasteiger partial charge is 0.265 e. The van der Waals surface area contributed by atoms with Gasteiger partial charge in [0.05, 0.1) is 13.0 Å². The summed E-state index contributed by atoms with van der Waals surface area (Å²) < 4.78 is 25.1. The van der Waals surface area contributed by atoms with E-state index >= 15 is 0 Å². The summed E-state index contributed by atoms with van der Waals surface area (Å²) in [6.07, 6.45) is 1.06. The van der Waals surface area contributed by atoms with E-state index in [1.165, 1.54) is 12.3 Å². The predicted molar refractivity (Wildman–Crippen MR) is 36.3 cm³/mol. The molecule has 1 aromatic rings. The first kappa shape index (κ1) is 8.13. The summed E-state index contributed by atoms with van der Waals surface area (Å²) in [5.41, 5.74) is 5.24. The Bertz CT molecular complexity index is 208. The number of nitrogens with two attached hydrogens (primary N) is 1. The first-order valence-corrected chi connectivity index (χ1v) is 3.20. The van der Waals surface area contributed by atoms with Crippen LogP contribution in [0.4, 0.5) is 8.78 Å². The van der Waals surface area contributed by atoms with Gasteiger partial charge in [-0.1, -0.05) is 0 Å². The molecule has 1 rings (SSSR count). The van der Waals surface area contributed by atoms with Gasteiger partial charge in [0.15, 0.2) is 0 Å². The molecule has 11 heavy (non-hydrogen) atoms. The van der Waals surface area contributed by atoms with Crippen molar-refractivity contribution in [2.45, 2.75) is 12.3 Å². The number of nitrogens with one attached hydrogen (secondary N) is 1. The topological polar surface area (TPSA) is 54.7 Å². The van der Waals surface area contributed by atoms with Crippen molar-refractivity contribution in [3.63, 3.8) is 0 Å². The first-order chi connectivity index (χ1) is 5.14. The average Bonchev–Trinajstić information content (AvgIpc) is 2.39. The van der Waals surface area contributed by atoms with E-state index in [0.29, 0.717) is 5.69 Å². The monoisotopic (exact) mass is 161 g/mol. The van der Waals surface area contributed by atoms with Crippen molar-refractivity contribution in [3.05, 3.63) is 18.0 Å². The third kappa shape index (κ3) is 2.27. The minimum Gasteiger partial charge on any atom is -0.325 e. The molecule has 1 heterocycles. The van der Waals surface area contributed by atoms with Crippen LogP contribution >= 0.6 is 0 Å². The van der Waals surface area contributed by atoms with Gasteiger partial charge in [-0.2, -0.15) is 5.10 Å². The lowest BCUT2D eigenvalue weighted by Gasteiger charge is -2.11. The number of H-pyrrole nitrogens is 1. The van der Waals surface area contributed by atoms with Crippen LogP contribution in [0.25, 0.3) is 0 Å². The standard InChI is InChI=1S/C6H9F2N3/c7-6(8,4-9)3-5-1-2-10-11-5/h1-2H,3-4,9H2,(H,10,11). The maximum absolute atomic E-state index is 12.5. The van der Waals surface area contributed by atoms with Crippen LogP contribution in [0.15, 0.2) is 12.3 Å². The Kier molecular flexibility index (Phi) is 2.19. The highest BCUT2D eigenvalue weighted by molar-refractivity contribution is 5.00. The second-order valence-corrected chi connectivity index (χ2v) is 2.32. The Morgan fingerprint density at radius 1 is 1.64 bits per heavy atom. The summed E-state index contributed by atoms with van der Waals surface area (Å²) in [5, 5.41) is 5.98. The van der Waals surface area contributed by atoms with Gasteiger partial charge in [0.2, 0.25) is 0 Å². The zero-order valence-electron chi connectivity index (χ0n) is 5.85. The van der Waals surface area contributed by atoms with Crippen LogP contribution in [0, 0.1) is 0 Å². The van der Waals surface area contributed by atoms with E-state index in [2.05, 4.69) is 10.2 Å². The zero-order chi connectivity index (χ0) is 8.32. The molecule has 0 radical (unpaired) electrons. The number of hydrogen-bond donors (Lipinski definition) is 2. The lowest BCUT2D eigenvalue weighted by atomic mass is 10.2. The van der Waals surface area contributed by atoms with Gasteiger partial charge < -0.3 is 5.73 Å². The van der Waals surface area contributed by atoms with Crippen LogP contribution < -0.4 is 5.73 Å². The van der Waals surface area contributed by atoms with Gasteiger partial charge in [-0.3, -0.25) is 5.10 Å². The summed E-state index contributed by atoms with van der Waals surface area (Å²) in [4.78, 5) is 0. The van der Waals surface area contributed by atoms with Gasteiger partial charge >= 0.3 is 0 Å². The van der Waals surface area contributed by atoms with Gasteiger partial charge in [0.1, 0.15) is 0 Å². The number of rotatable bonds is 3. The second kappa shape index (κ2) is 2.96. The van der Waals surface area contributed by atoms with E-state index in [0.717, 1.165) is 0 Å². The number of alkyl halides is 2. The molecule has 0 fully saturated rings. The van der Waals surface area contributed by atoms with Gasteiger partial charge in [0.25, 0.3) is 5.92 Å². The van der Waals surface area contributed by atoms with Crippen LogP contribution in [0.2, 0.25) is 0 Å². The summed E-state index contributed by atoms with van der Waals surface area (Å²) >= 11 is 0. The molecule has 0 saturated carbocycles. The number of hydrogen-bond acceptors (Lipinski definition) is 2. The Hall–Kier alpha value is -0.970. The Morgan fingerprint density at radius 2 is 2.36 bits per heavy atom. The molecule has 62 valence electrons. The van der Waals surface area contributed by atoms with E-state index < -0.39 is 12.5 Å². The number of halogens is 2. The van der Waals surface area contributed by atoms with Crippen LogP contribution in [0.5, 0.6) is 0 Å². The molecule has 0 aliphatic carbocycles. The lowest BCUT2D eigenvalue weighted by Crippen LogP contribution is -2.30. The van der Waals surface area contributed by atoms with E-state index in [4.69, 9.17) is 5.73 Å². The Labute approximate surface area is 62.6 Å². The molecule has 0 bridgehead atoms. The molecule has 0 saturated heterocycles.